The van der Waals surface area contributed by atoms with Crippen LogP contribution in [0.2, 0.25) is 0 Å². The molecule has 82 valence electrons. The molecule has 0 amide bonds. The Morgan fingerprint density at radius 1 is 1.40 bits per heavy atom. The molecule has 0 fully saturated rings. The SMILES string of the molecule is CC[C@@H](Cl)OC(=O)OCc1ccccc1. The molecular weight excluding hydrogens is 216 g/mol. The molecule has 1 atom stereocenters. The van der Waals surface area contributed by atoms with Crippen molar-refractivity contribution >= 4 is 17.8 Å². The van der Waals surface area contributed by atoms with Crippen LogP contribution in [-0.4, -0.2) is 11.7 Å². The zero-order valence-electron chi connectivity index (χ0n) is 8.48. The molecular formula is C11H13ClO3. The Bertz CT molecular complexity index is 300. The Balaban J connectivity index is 2.29. The molecule has 0 saturated carbocycles. The highest BCUT2D eigenvalue weighted by Crippen LogP contribution is 2.06. The summed E-state index contributed by atoms with van der Waals surface area (Å²) in [7, 11) is 0. The standard InChI is InChI=1S/C11H13ClO3/c1-2-10(12)15-11(13)14-8-9-6-4-3-5-7-9/h3-7,10H,2,8H2,1H3/t10-/m0/s1. The van der Waals surface area contributed by atoms with Gasteiger partial charge in [0.05, 0.1) is 0 Å². The number of ether oxygens (including phenoxy) is 2. The van der Waals surface area contributed by atoms with Gasteiger partial charge in [-0.05, 0) is 12.0 Å². The van der Waals surface area contributed by atoms with E-state index >= 15 is 0 Å². The molecule has 15 heavy (non-hydrogen) atoms. The third-order valence-electron chi connectivity index (χ3n) is 1.74. The van der Waals surface area contributed by atoms with Gasteiger partial charge in [-0.25, -0.2) is 4.79 Å². The van der Waals surface area contributed by atoms with Crippen LogP contribution in [0.4, 0.5) is 4.79 Å². The first kappa shape index (κ1) is 11.9. The quantitative estimate of drug-likeness (QED) is 0.586. The van der Waals surface area contributed by atoms with E-state index in [9.17, 15) is 4.79 Å². The van der Waals surface area contributed by atoms with Gasteiger partial charge < -0.3 is 9.47 Å². The van der Waals surface area contributed by atoms with Crippen LogP contribution in [0.1, 0.15) is 18.9 Å². The Morgan fingerprint density at radius 2 is 2.07 bits per heavy atom. The first-order valence-corrected chi connectivity index (χ1v) is 5.17. The van der Waals surface area contributed by atoms with Crippen LogP contribution in [0, 0.1) is 0 Å². The average Bonchev–Trinajstić information content (AvgIpc) is 2.27. The second-order valence-corrected chi connectivity index (χ2v) is 3.45. The molecule has 0 aliphatic carbocycles. The van der Waals surface area contributed by atoms with Crippen LogP contribution < -0.4 is 0 Å². The van der Waals surface area contributed by atoms with Crippen molar-refractivity contribution in [1.29, 1.82) is 0 Å². The lowest BCUT2D eigenvalue weighted by molar-refractivity contribution is 0.0399. The molecule has 0 saturated heterocycles. The van der Waals surface area contributed by atoms with Crippen molar-refractivity contribution in [1.82, 2.24) is 0 Å². The third kappa shape index (κ3) is 4.70. The topological polar surface area (TPSA) is 35.5 Å². The Morgan fingerprint density at radius 3 is 2.67 bits per heavy atom. The lowest BCUT2D eigenvalue weighted by Crippen LogP contribution is -2.13. The van der Waals surface area contributed by atoms with Gasteiger partial charge in [-0.15, -0.1) is 0 Å². The van der Waals surface area contributed by atoms with Gasteiger partial charge in [0.1, 0.15) is 6.61 Å². The molecule has 4 heteroatoms. The van der Waals surface area contributed by atoms with Gasteiger partial charge in [0.15, 0.2) is 5.56 Å². The van der Waals surface area contributed by atoms with Gasteiger partial charge in [-0.3, -0.25) is 0 Å². The Kier molecular flexibility index (Phi) is 4.98. The Hall–Kier alpha value is -1.22. The van der Waals surface area contributed by atoms with Gasteiger partial charge in [0, 0.05) is 0 Å². The van der Waals surface area contributed by atoms with Crippen molar-refractivity contribution in [3.8, 4) is 0 Å². The minimum atomic E-state index is -0.735. The maximum absolute atomic E-state index is 11.1. The monoisotopic (exact) mass is 228 g/mol. The van der Waals surface area contributed by atoms with E-state index < -0.39 is 11.7 Å². The van der Waals surface area contributed by atoms with Crippen molar-refractivity contribution in [3.63, 3.8) is 0 Å². The summed E-state index contributed by atoms with van der Waals surface area (Å²) in [6.07, 6.45) is -0.178. The largest absolute Gasteiger partial charge is 0.510 e. The predicted molar refractivity (Wildman–Crippen MR) is 57.6 cm³/mol. The highest BCUT2D eigenvalue weighted by atomic mass is 35.5. The number of hydrogen-bond acceptors (Lipinski definition) is 3. The number of halogens is 1. The second-order valence-electron chi connectivity index (χ2n) is 2.96. The van der Waals surface area contributed by atoms with Gasteiger partial charge >= 0.3 is 6.16 Å². The lowest BCUT2D eigenvalue weighted by Gasteiger charge is -2.09. The van der Waals surface area contributed by atoms with E-state index in [0.717, 1.165) is 5.56 Å². The second kappa shape index (κ2) is 6.30. The van der Waals surface area contributed by atoms with E-state index in [4.69, 9.17) is 21.1 Å². The Labute approximate surface area is 93.9 Å². The zero-order valence-corrected chi connectivity index (χ0v) is 9.24. The smallest absolute Gasteiger partial charge is 0.429 e. The fourth-order valence-electron chi connectivity index (χ4n) is 0.938. The molecule has 0 aromatic heterocycles. The summed E-state index contributed by atoms with van der Waals surface area (Å²) >= 11 is 5.62. The van der Waals surface area contributed by atoms with Crippen molar-refractivity contribution in [3.05, 3.63) is 35.9 Å². The molecule has 1 aromatic carbocycles. The van der Waals surface area contributed by atoms with Gasteiger partial charge in [0.2, 0.25) is 0 Å². The molecule has 0 heterocycles. The van der Waals surface area contributed by atoms with E-state index in [0.29, 0.717) is 6.42 Å². The molecule has 1 aromatic rings. The summed E-state index contributed by atoms with van der Waals surface area (Å²) in [4.78, 5) is 11.1. The van der Waals surface area contributed by atoms with Gasteiger partial charge in [-0.2, -0.15) is 0 Å². The number of hydrogen-bond donors (Lipinski definition) is 0. The van der Waals surface area contributed by atoms with Crippen LogP contribution in [0.25, 0.3) is 0 Å². The van der Waals surface area contributed by atoms with Crippen LogP contribution in [0.5, 0.6) is 0 Å². The van der Waals surface area contributed by atoms with E-state index in [-0.39, 0.29) is 6.61 Å². The van der Waals surface area contributed by atoms with E-state index in [2.05, 4.69) is 0 Å². The molecule has 1 rings (SSSR count). The molecule has 0 spiro atoms. The van der Waals surface area contributed by atoms with Crippen molar-refractivity contribution in [2.75, 3.05) is 0 Å². The normalized spacial score (nSPS) is 11.9. The number of carbonyl (C=O) groups is 1. The molecule has 0 aliphatic rings. The maximum atomic E-state index is 11.1. The van der Waals surface area contributed by atoms with Crippen molar-refractivity contribution in [2.24, 2.45) is 0 Å². The van der Waals surface area contributed by atoms with Crippen LogP contribution >= 0.6 is 11.6 Å². The summed E-state index contributed by atoms with van der Waals surface area (Å²) < 4.78 is 9.58. The minimum Gasteiger partial charge on any atom is -0.429 e. The number of benzene rings is 1. The van der Waals surface area contributed by atoms with Crippen LogP contribution in [0.15, 0.2) is 30.3 Å². The number of carbonyl (C=O) groups excluding carboxylic acids is 1. The molecule has 0 unspecified atom stereocenters. The van der Waals surface area contributed by atoms with Crippen molar-refractivity contribution < 1.29 is 14.3 Å². The van der Waals surface area contributed by atoms with E-state index in [1.54, 1.807) is 0 Å². The first-order chi connectivity index (χ1) is 7.22. The van der Waals surface area contributed by atoms with E-state index in [1.807, 2.05) is 37.3 Å². The first-order valence-electron chi connectivity index (χ1n) is 4.73. The zero-order chi connectivity index (χ0) is 11.1. The van der Waals surface area contributed by atoms with Crippen LogP contribution in [-0.2, 0) is 16.1 Å². The van der Waals surface area contributed by atoms with Crippen molar-refractivity contribution in [2.45, 2.75) is 25.5 Å². The van der Waals surface area contributed by atoms with Crippen LogP contribution in [0.3, 0.4) is 0 Å². The van der Waals surface area contributed by atoms with Gasteiger partial charge in [-0.1, -0.05) is 48.9 Å². The third-order valence-corrected chi connectivity index (χ3v) is 2.14. The summed E-state index contributed by atoms with van der Waals surface area (Å²) in [5.74, 6) is 0. The minimum absolute atomic E-state index is 0.201. The lowest BCUT2D eigenvalue weighted by atomic mass is 10.2. The summed E-state index contributed by atoms with van der Waals surface area (Å²) in [5.41, 5.74) is 0.297. The molecule has 0 N–H and O–H groups in total. The molecule has 0 radical (unpaired) electrons. The fourth-order valence-corrected chi connectivity index (χ4v) is 1.01. The molecule has 0 bridgehead atoms. The summed E-state index contributed by atoms with van der Waals surface area (Å²) in [6.45, 7) is 2.02. The predicted octanol–water partition coefficient (Wildman–Crippen LogP) is 3.31. The highest BCUT2D eigenvalue weighted by Gasteiger charge is 2.09. The number of rotatable bonds is 4. The van der Waals surface area contributed by atoms with Gasteiger partial charge in [0.25, 0.3) is 0 Å². The van der Waals surface area contributed by atoms with E-state index in [1.165, 1.54) is 0 Å². The number of alkyl halides is 1. The highest BCUT2D eigenvalue weighted by molar-refractivity contribution is 6.20. The maximum Gasteiger partial charge on any atom is 0.510 e. The summed E-state index contributed by atoms with van der Waals surface area (Å²) in [6, 6.07) is 9.38. The molecule has 0 aliphatic heterocycles. The fraction of sp³-hybridized carbons (Fsp3) is 0.364. The average molecular weight is 229 g/mol. The molecule has 3 nitrogen and oxygen atoms in total. The summed E-state index contributed by atoms with van der Waals surface area (Å²) in [5, 5.41) is 0.